The first-order chi connectivity index (χ1) is 6.07. The molecule has 0 saturated heterocycles. The molecule has 0 spiro atoms. The number of rotatable bonds is 1. The van der Waals surface area contributed by atoms with Gasteiger partial charge in [-0.05, 0) is 6.92 Å². The molecule has 13 heavy (non-hydrogen) atoms. The average Bonchev–Trinajstić information content (AvgIpc) is 2.09. The molecule has 0 aliphatic carbocycles. The van der Waals surface area contributed by atoms with Crippen LogP contribution in [0.4, 0.5) is 17.2 Å². The monoisotopic (exact) mass is 178 g/mol. The van der Waals surface area contributed by atoms with Gasteiger partial charge in [-0.3, -0.25) is 10.1 Å². The number of anilines is 1. The maximum absolute atomic E-state index is 10.4. The molecule has 6 heteroatoms. The Labute approximate surface area is 74.0 Å². The van der Waals surface area contributed by atoms with E-state index in [0.717, 1.165) is 6.20 Å². The number of aromatic nitrogens is 1. The van der Waals surface area contributed by atoms with Crippen LogP contribution in [0.5, 0.6) is 0 Å². The van der Waals surface area contributed by atoms with Crippen LogP contribution in [0.15, 0.2) is 6.20 Å². The highest BCUT2D eigenvalue weighted by molar-refractivity contribution is 5.68. The molecule has 6 nitrogen and oxygen atoms in total. The van der Waals surface area contributed by atoms with E-state index in [2.05, 4.69) is 9.83 Å². The van der Waals surface area contributed by atoms with Crippen LogP contribution in [0.3, 0.4) is 0 Å². The number of nitrogen functional groups attached to an aromatic ring is 1. The minimum Gasteiger partial charge on any atom is -0.394 e. The molecule has 0 bridgehead atoms. The van der Waals surface area contributed by atoms with Crippen molar-refractivity contribution >= 4 is 17.2 Å². The number of pyridine rings is 1. The van der Waals surface area contributed by atoms with Crippen LogP contribution < -0.4 is 5.73 Å². The SMILES string of the molecule is [C-]#[N+]c1ncc([N+](=O)[O-])c(N)c1C. The first-order valence-electron chi connectivity index (χ1n) is 3.35. The summed E-state index contributed by atoms with van der Waals surface area (Å²) in [6, 6.07) is 0. The van der Waals surface area contributed by atoms with Crippen LogP contribution in [-0.2, 0) is 0 Å². The Bertz CT molecular complexity index is 408. The van der Waals surface area contributed by atoms with Crippen molar-refractivity contribution in [2.24, 2.45) is 0 Å². The molecular formula is C7H6N4O2. The van der Waals surface area contributed by atoms with Crippen LogP contribution in [0.25, 0.3) is 4.85 Å². The maximum Gasteiger partial charge on any atom is 0.332 e. The lowest BCUT2D eigenvalue weighted by Crippen LogP contribution is -1.99. The molecule has 0 atom stereocenters. The van der Waals surface area contributed by atoms with Gasteiger partial charge in [0.1, 0.15) is 5.69 Å². The Morgan fingerprint density at radius 1 is 1.77 bits per heavy atom. The number of nitrogens with two attached hydrogens (primary N) is 1. The van der Waals surface area contributed by atoms with E-state index < -0.39 is 4.92 Å². The summed E-state index contributed by atoms with van der Waals surface area (Å²) in [6.45, 7) is 8.23. The summed E-state index contributed by atoms with van der Waals surface area (Å²) in [7, 11) is 0. The molecule has 1 aromatic rings. The second kappa shape index (κ2) is 3.06. The predicted octanol–water partition coefficient (Wildman–Crippen LogP) is 1.43. The van der Waals surface area contributed by atoms with Gasteiger partial charge < -0.3 is 10.6 Å². The van der Waals surface area contributed by atoms with Crippen molar-refractivity contribution in [2.45, 2.75) is 6.92 Å². The number of nitrogens with zero attached hydrogens (tertiary/aromatic N) is 3. The van der Waals surface area contributed by atoms with E-state index in [1.807, 2.05) is 0 Å². The first kappa shape index (κ1) is 8.93. The summed E-state index contributed by atoms with van der Waals surface area (Å²) in [6.07, 6.45) is 0.996. The molecule has 2 N–H and O–H groups in total. The molecule has 1 heterocycles. The van der Waals surface area contributed by atoms with Gasteiger partial charge in [-0.25, -0.2) is 0 Å². The highest BCUT2D eigenvalue weighted by atomic mass is 16.6. The molecule has 0 aliphatic heterocycles. The van der Waals surface area contributed by atoms with Gasteiger partial charge in [-0.15, -0.1) is 4.98 Å². The minimum absolute atomic E-state index is 0.00556. The fourth-order valence-corrected chi connectivity index (χ4v) is 0.859. The number of hydrogen-bond donors (Lipinski definition) is 1. The lowest BCUT2D eigenvalue weighted by Gasteiger charge is -2.00. The van der Waals surface area contributed by atoms with E-state index in [9.17, 15) is 10.1 Å². The highest BCUT2D eigenvalue weighted by Crippen LogP contribution is 2.29. The Morgan fingerprint density at radius 2 is 2.38 bits per heavy atom. The Kier molecular flexibility index (Phi) is 2.11. The molecule has 0 saturated carbocycles. The molecule has 1 aromatic heterocycles. The minimum atomic E-state index is -0.622. The largest absolute Gasteiger partial charge is 0.394 e. The molecule has 1 rings (SSSR count). The van der Waals surface area contributed by atoms with E-state index in [1.165, 1.54) is 6.92 Å². The second-order valence-electron chi connectivity index (χ2n) is 2.37. The fraction of sp³-hybridized carbons (Fsp3) is 0.143. The van der Waals surface area contributed by atoms with Gasteiger partial charge in [0, 0.05) is 5.56 Å². The zero-order chi connectivity index (χ0) is 10.0. The van der Waals surface area contributed by atoms with Gasteiger partial charge in [-0.2, -0.15) is 0 Å². The maximum atomic E-state index is 10.4. The lowest BCUT2D eigenvalue weighted by atomic mass is 10.2. The normalized spacial score (nSPS) is 9.23. The predicted molar refractivity (Wildman–Crippen MR) is 46.3 cm³/mol. The van der Waals surface area contributed by atoms with Crippen molar-refractivity contribution in [2.75, 3.05) is 5.73 Å². The van der Waals surface area contributed by atoms with Gasteiger partial charge in [0.05, 0.1) is 4.92 Å². The fourth-order valence-electron chi connectivity index (χ4n) is 0.859. The molecule has 0 unspecified atom stereocenters. The van der Waals surface area contributed by atoms with Gasteiger partial charge in [0.15, 0.2) is 6.20 Å². The molecule has 0 fully saturated rings. The van der Waals surface area contributed by atoms with E-state index in [-0.39, 0.29) is 17.2 Å². The summed E-state index contributed by atoms with van der Waals surface area (Å²) < 4.78 is 0. The van der Waals surface area contributed by atoms with Crippen LogP contribution in [0, 0.1) is 23.6 Å². The molecular weight excluding hydrogens is 172 g/mol. The average molecular weight is 178 g/mol. The second-order valence-corrected chi connectivity index (χ2v) is 2.37. The van der Waals surface area contributed by atoms with E-state index in [4.69, 9.17) is 12.3 Å². The van der Waals surface area contributed by atoms with Crippen molar-refractivity contribution in [3.8, 4) is 0 Å². The molecule has 0 radical (unpaired) electrons. The topological polar surface area (TPSA) is 86.4 Å². The van der Waals surface area contributed by atoms with Crippen LogP contribution in [0.2, 0.25) is 0 Å². The van der Waals surface area contributed by atoms with Crippen LogP contribution in [0.1, 0.15) is 5.56 Å². The van der Waals surface area contributed by atoms with Crippen molar-refractivity contribution in [3.63, 3.8) is 0 Å². The van der Waals surface area contributed by atoms with E-state index >= 15 is 0 Å². The molecule has 0 aliphatic rings. The van der Waals surface area contributed by atoms with Crippen molar-refractivity contribution < 1.29 is 4.92 Å². The van der Waals surface area contributed by atoms with Gasteiger partial charge >= 0.3 is 5.69 Å². The van der Waals surface area contributed by atoms with Gasteiger partial charge in [0.25, 0.3) is 5.82 Å². The number of hydrogen-bond acceptors (Lipinski definition) is 4. The Morgan fingerprint density at radius 3 is 2.85 bits per heavy atom. The third-order valence-electron chi connectivity index (χ3n) is 1.63. The molecule has 0 amide bonds. The van der Waals surface area contributed by atoms with Crippen molar-refractivity contribution in [1.82, 2.24) is 4.98 Å². The van der Waals surface area contributed by atoms with Gasteiger partial charge in [0.2, 0.25) is 0 Å². The van der Waals surface area contributed by atoms with Crippen molar-refractivity contribution in [3.05, 3.63) is 33.3 Å². The van der Waals surface area contributed by atoms with Crippen molar-refractivity contribution in [1.29, 1.82) is 0 Å². The third-order valence-corrected chi connectivity index (χ3v) is 1.63. The standard InChI is InChI=1S/C7H6N4O2/c1-4-6(8)5(11(12)13)3-10-7(4)9-2/h3H,1H3,(H2,8,10). The smallest absolute Gasteiger partial charge is 0.332 e. The zero-order valence-electron chi connectivity index (χ0n) is 6.81. The van der Waals surface area contributed by atoms with Crippen LogP contribution >= 0.6 is 0 Å². The summed E-state index contributed by atoms with van der Waals surface area (Å²) >= 11 is 0. The molecule has 0 aromatic carbocycles. The Hall–Kier alpha value is -2.16. The summed E-state index contributed by atoms with van der Waals surface area (Å²) in [5, 5.41) is 10.4. The van der Waals surface area contributed by atoms with Crippen LogP contribution in [-0.4, -0.2) is 9.91 Å². The van der Waals surface area contributed by atoms with E-state index in [0.29, 0.717) is 5.56 Å². The first-order valence-corrected chi connectivity index (χ1v) is 3.35. The lowest BCUT2D eigenvalue weighted by molar-refractivity contribution is -0.384. The highest BCUT2D eigenvalue weighted by Gasteiger charge is 2.18. The summed E-state index contributed by atoms with van der Waals surface area (Å²) in [5.74, 6) is 0.100. The summed E-state index contributed by atoms with van der Waals surface area (Å²) in [4.78, 5) is 16.4. The van der Waals surface area contributed by atoms with E-state index in [1.54, 1.807) is 0 Å². The Balaban J connectivity index is 3.42. The quantitative estimate of drug-likeness (QED) is 0.400. The molecule has 66 valence electrons. The number of nitro groups is 1. The third kappa shape index (κ3) is 1.39. The zero-order valence-corrected chi connectivity index (χ0v) is 6.81. The summed E-state index contributed by atoms with van der Waals surface area (Å²) in [5.41, 5.74) is 5.53. The van der Waals surface area contributed by atoms with Gasteiger partial charge in [-0.1, -0.05) is 6.57 Å².